The van der Waals surface area contributed by atoms with Gasteiger partial charge >= 0.3 is 0 Å². The molecule has 2 heterocycles. The van der Waals surface area contributed by atoms with Gasteiger partial charge in [0.2, 0.25) is 5.91 Å². The first-order valence-corrected chi connectivity index (χ1v) is 8.57. The molecule has 3 rings (SSSR count). The lowest BCUT2D eigenvalue weighted by Gasteiger charge is -2.34. The van der Waals surface area contributed by atoms with Crippen LogP contribution in [-0.2, 0) is 11.3 Å². The summed E-state index contributed by atoms with van der Waals surface area (Å²) in [5, 5.41) is 2.94. The summed E-state index contributed by atoms with van der Waals surface area (Å²) < 4.78 is 13.0. The van der Waals surface area contributed by atoms with E-state index in [0.29, 0.717) is 12.2 Å². The van der Waals surface area contributed by atoms with Gasteiger partial charge in [-0.1, -0.05) is 17.7 Å². The van der Waals surface area contributed by atoms with Crippen LogP contribution in [0.15, 0.2) is 42.6 Å². The van der Waals surface area contributed by atoms with Crippen molar-refractivity contribution >= 4 is 23.2 Å². The molecule has 25 heavy (non-hydrogen) atoms. The van der Waals surface area contributed by atoms with Gasteiger partial charge in [0, 0.05) is 38.9 Å². The largest absolute Gasteiger partial charge is 0.324 e. The van der Waals surface area contributed by atoms with Crippen LogP contribution < -0.4 is 5.32 Å². The Labute approximate surface area is 151 Å². The second-order valence-electron chi connectivity index (χ2n) is 6.05. The molecule has 0 spiro atoms. The van der Waals surface area contributed by atoms with E-state index >= 15 is 0 Å². The molecule has 0 aliphatic carbocycles. The number of aromatic nitrogens is 1. The van der Waals surface area contributed by atoms with E-state index in [2.05, 4.69) is 20.1 Å². The highest BCUT2D eigenvalue weighted by Crippen LogP contribution is 2.22. The van der Waals surface area contributed by atoms with Gasteiger partial charge in [-0.3, -0.25) is 19.6 Å². The fraction of sp³-hybridized carbons (Fsp3) is 0.333. The third-order valence-electron chi connectivity index (χ3n) is 4.15. The number of halogens is 2. The van der Waals surface area contributed by atoms with Crippen LogP contribution in [0.4, 0.5) is 10.1 Å². The Hall–Kier alpha value is -2.02. The molecule has 2 aromatic rings. The van der Waals surface area contributed by atoms with Crippen molar-refractivity contribution < 1.29 is 9.18 Å². The van der Waals surface area contributed by atoms with Gasteiger partial charge in [-0.15, -0.1) is 0 Å². The molecule has 1 saturated heterocycles. The van der Waals surface area contributed by atoms with Crippen LogP contribution in [0.3, 0.4) is 0 Å². The SMILES string of the molecule is O=C(CN1CCN(Cc2ccccn2)CC1)Nc1ccc(F)cc1Cl. The number of hydrogen-bond donors (Lipinski definition) is 1. The average molecular weight is 363 g/mol. The average Bonchev–Trinajstić information content (AvgIpc) is 2.60. The van der Waals surface area contributed by atoms with Gasteiger partial charge in [0.25, 0.3) is 0 Å². The fourth-order valence-electron chi connectivity index (χ4n) is 2.81. The molecule has 0 saturated carbocycles. The van der Waals surface area contributed by atoms with Crippen molar-refractivity contribution in [2.45, 2.75) is 6.54 Å². The Kier molecular flexibility index (Phi) is 5.96. The molecule has 1 aromatic carbocycles. The van der Waals surface area contributed by atoms with Crippen LogP contribution in [0.25, 0.3) is 0 Å². The van der Waals surface area contributed by atoms with Gasteiger partial charge in [-0.05, 0) is 30.3 Å². The second kappa shape index (κ2) is 8.38. The van der Waals surface area contributed by atoms with Crippen molar-refractivity contribution in [3.63, 3.8) is 0 Å². The summed E-state index contributed by atoms with van der Waals surface area (Å²) >= 11 is 5.93. The Morgan fingerprint density at radius 3 is 2.60 bits per heavy atom. The first kappa shape index (κ1) is 17.8. The highest BCUT2D eigenvalue weighted by molar-refractivity contribution is 6.33. The monoisotopic (exact) mass is 362 g/mol. The van der Waals surface area contributed by atoms with Crippen LogP contribution in [0, 0.1) is 5.82 Å². The number of hydrogen-bond acceptors (Lipinski definition) is 4. The third kappa shape index (κ3) is 5.22. The fourth-order valence-corrected chi connectivity index (χ4v) is 3.02. The lowest BCUT2D eigenvalue weighted by atomic mass is 10.2. The maximum absolute atomic E-state index is 13.0. The zero-order chi connectivity index (χ0) is 17.6. The van der Waals surface area contributed by atoms with E-state index in [1.165, 1.54) is 18.2 Å². The van der Waals surface area contributed by atoms with Crippen LogP contribution in [-0.4, -0.2) is 53.4 Å². The van der Waals surface area contributed by atoms with E-state index < -0.39 is 5.82 Å². The van der Waals surface area contributed by atoms with E-state index in [-0.39, 0.29) is 10.9 Å². The maximum Gasteiger partial charge on any atom is 0.238 e. The number of benzene rings is 1. The molecule has 0 bridgehead atoms. The lowest BCUT2D eigenvalue weighted by molar-refractivity contribution is -0.117. The van der Waals surface area contributed by atoms with Crippen molar-refractivity contribution in [2.24, 2.45) is 0 Å². The quantitative estimate of drug-likeness (QED) is 0.888. The molecule has 1 N–H and O–H groups in total. The van der Waals surface area contributed by atoms with Crippen molar-refractivity contribution in [2.75, 3.05) is 38.0 Å². The number of amides is 1. The molecular weight excluding hydrogens is 343 g/mol. The summed E-state index contributed by atoms with van der Waals surface area (Å²) in [5.41, 5.74) is 1.49. The minimum absolute atomic E-state index is 0.147. The Morgan fingerprint density at radius 2 is 1.92 bits per heavy atom. The van der Waals surface area contributed by atoms with Gasteiger partial charge in [-0.2, -0.15) is 0 Å². The van der Waals surface area contributed by atoms with Crippen molar-refractivity contribution in [1.29, 1.82) is 0 Å². The summed E-state index contributed by atoms with van der Waals surface area (Å²) in [6, 6.07) is 9.86. The summed E-state index contributed by atoms with van der Waals surface area (Å²) in [7, 11) is 0. The van der Waals surface area contributed by atoms with Gasteiger partial charge in [0.1, 0.15) is 5.82 Å². The van der Waals surface area contributed by atoms with E-state index in [0.717, 1.165) is 38.4 Å². The first-order chi connectivity index (χ1) is 12.1. The number of anilines is 1. The number of pyridine rings is 1. The predicted molar refractivity (Wildman–Crippen MR) is 96.0 cm³/mol. The minimum atomic E-state index is -0.424. The van der Waals surface area contributed by atoms with Crippen LogP contribution in [0.1, 0.15) is 5.69 Å². The van der Waals surface area contributed by atoms with Crippen LogP contribution in [0.5, 0.6) is 0 Å². The number of piperazine rings is 1. The smallest absolute Gasteiger partial charge is 0.238 e. The van der Waals surface area contributed by atoms with E-state index in [9.17, 15) is 9.18 Å². The molecule has 0 radical (unpaired) electrons. The summed E-state index contributed by atoms with van der Waals surface area (Å²) in [6.45, 7) is 4.54. The summed E-state index contributed by atoms with van der Waals surface area (Å²) in [4.78, 5) is 20.9. The Morgan fingerprint density at radius 1 is 1.16 bits per heavy atom. The lowest BCUT2D eigenvalue weighted by Crippen LogP contribution is -2.48. The van der Waals surface area contributed by atoms with Gasteiger partial charge in [-0.25, -0.2) is 4.39 Å². The highest BCUT2D eigenvalue weighted by atomic mass is 35.5. The van der Waals surface area contributed by atoms with E-state index in [4.69, 9.17) is 11.6 Å². The molecular formula is C18H20ClFN4O. The molecule has 7 heteroatoms. The number of carbonyl (C=O) groups is 1. The topological polar surface area (TPSA) is 48.5 Å². The molecule has 1 fully saturated rings. The van der Waals surface area contributed by atoms with Crippen molar-refractivity contribution in [3.05, 3.63) is 59.1 Å². The molecule has 1 aliphatic heterocycles. The normalized spacial score (nSPS) is 15.9. The molecule has 1 aromatic heterocycles. The standard InChI is InChI=1S/C18H20ClFN4O/c19-16-11-14(20)4-5-17(16)22-18(25)13-24-9-7-23(8-10-24)12-15-3-1-2-6-21-15/h1-6,11H,7-10,12-13H2,(H,22,25). The molecule has 1 aliphatic rings. The number of carbonyl (C=O) groups excluding carboxylic acids is 1. The van der Waals surface area contributed by atoms with Gasteiger partial charge < -0.3 is 5.32 Å². The number of nitrogens with zero attached hydrogens (tertiary/aromatic N) is 3. The molecule has 1 amide bonds. The Bertz CT molecular complexity index is 720. The second-order valence-corrected chi connectivity index (χ2v) is 6.45. The van der Waals surface area contributed by atoms with Gasteiger partial charge in [0.05, 0.1) is 22.9 Å². The molecule has 132 valence electrons. The van der Waals surface area contributed by atoms with E-state index in [1.54, 1.807) is 6.20 Å². The third-order valence-corrected chi connectivity index (χ3v) is 4.46. The maximum atomic E-state index is 13.0. The minimum Gasteiger partial charge on any atom is -0.324 e. The van der Waals surface area contributed by atoms with E-state index in [1.807, 2.05) is 18.2 Å². The number of rotatable bonds is 5. The summed E-state index contributed by atoms with van der Waals surface area (Å²) in [6.07, 6.45) is 1.80. The molecule has 0 unspecified atom stereocenters. The molecule has 0 atom stereocenters. The number of nitrogens with one attached hydrogen (secondary N) is 1. The van der Waals surface area contributed by atoms with Crippen molar-refractivity contribution in [3.8, 4) is 0 Å². The zero-order valence-corrected chi connectivity index (χ0v) is 14.5. The zero-order valence-electron chi connectivity index (χ0n) is 13.8. The predicted octanol–water partition coefficient (Wildman–Crippen LogP) is 2.63. The van der Waals surface area contributed by atoms with Gasteiger partial charge in [0.15, 0.2) is 0 Å². The van der Waals surface area contributed by atoms with Crippen LogP contribution >= 0.6 is 11.6 Å². The first-order valence-electron chi connectivity index (χ1n) is 8.20. The van der Waals surface area contributed by atoms with Crippen molar-refractivity contribution in [1.82, 2.24) is 14.8 Å². The highest BCUT2D eigenvalue weighted by Gasteiger charge is 2.19. The van der Waals surface area contributed by atoms with Crippen LogP contribution in [0.2, 0.25) is 5.02 Å². The Balaban J connectivity index is 1.44. The molecule has 5 nitrogen and oxygen atoms in total. The summed E-state index contributed by atoms with van der Waals surface area (Å²) in [5.74, 6) is -0.571.